The van der Waals surface area contributed by atoms with E-state index in [1.165, 1.54) is 11.1 Å². The van der Waals surface area contributed by atoms with Crippen molar-refractivity contribution >= 4 is 23.1 Å². The highest BCUT2D eigenvalue weighted by molar-refractivity contribution is 6.33. The van der Waals surface area contributed by atoms with Crippen LogP contribution in [0.25, 0.3) is 0 Å². The molecule has 1 aliphatic rings. The molecule has 2 nitrogen and oxygen atoms in total. The fraction of sp³-hybridized carbons (Fsp3) is 0.188. The Labute approximate surface area is 118 Å². The number of halogens is 1. The summed E-state index contributed by atoms with van der Waals surface area (Å²) in [7, 11) is 0. The molecule has 1 aromatic heterocycles. The van der Waals surface area contributed by atoms with Crippen molar-refractivity contribution in [2.45, 2.75) is 20.3 Å². The molecule has 3 rings (SSSR count). The Balaban J connectivity index is 2.16. The summed E-state index contributed by atoms with van der Waals surface area (Å²) in [5.41, 5.74) is 4.50. The molecule has 0 radical (unpaired) electrons. The topological polar surface area (TPSA) is 16.1 Å². The molecule has 0 unspecified atom stereocenters. The average molecular weight is 271 g/mol. The Morgan fingerprint density at radius 3 is 2.84 bits per heavy atom. The molecule has 1 aliphatic heterocycles. The second-order valence-electron chi connectivity index (χ2n) is 4.85. The van der Waals surface area contributed by atoms with E-state index in [1.807, 2.05) is 19.1 Å². The lowest BCUT2D eigenvalue weighted by Crippen LogP contribution is -2.16. The molecule has 0 saturated carbocycles. The molecule has 0 N–H and O–H groups in total. The third-order valence-corrected chi connectivity index (χ3v) is 3.54. The maximum Gasteiger partial charge on any atom is 0.137 e. The fourth-order valence-electron chi connectivity index (χ4n) is 2.49. The molecule has 1 aromatic carbocycles. The van der Waals surface area contributed by atoms with Gasteiger partial charge >= 0.3 is 0 Å². The number of allylic oxidation sites excluding steroid dienone is 1. The SMILES string of the molecule is Cc1cc(C)nc(N2C=CCc3cccc(Cl)c32)c1. The van der Waals surface area contributed by atoms with Crippen LogP contribution in [0.4, 0.5) is 11.5 Å². The molecular weight excluding hydrogens is 256 g/mol. The first-order valence-corrected chi connectivity index (χ1v) is 6.71. The number of hydrogen-bond acceptors (Lipinski definition) is 2. The van der Waals surface area contributed by atoms with Gasteiger partial charge in [-0.2, -0.15) is 0 Å². The lowest BCUT2D eigenvalue weighted by molar-refractivity contribution is 1.07. The molecule has 0 saturated heterocycles. The smallest absolute Gasteiger partial charge is 0.137 e. The van der Waals surface area contributed by atoms with Crippen molar-refractivity contribution in [3.63, 3.8) is 0 Å². The highest BCUT2D eigenvalue weighted by Crippen LogP contribution is 2.37. The van der Waals surface area contributed by atoms with E-state index in [2.05, 4.69) is 47.3 Å². The van der Waals surface area contributed by atoms with E-state index in [-0.39, 0.29) is 0 Å². The minimum Gasteiger partial charge on any atom is -0.300 e. The van der Waals surface area contributed by atoms with Gasteiger partial charge < -0.3 is 4.90 Å². The highest BCUT2D eigenvalue weighted by Gasteiger charge is 2.18. The normalized spacial score (nSPS) is 13.5. The summed E-state index contributed by atoms with van der Waals surface area (Å²) in [6, 6.07) is 10.2. The standard InChI is InChI=1S/C16H15ClN2/c1-11-9-12(2)18-15(10-11)19-8-4-6-13-5-3-7-14(17)16(13)19/h3-5,7-10H,6H2,1-2H3. The van der Waals surface area contributed by atoms with Gasteiger partial charge in [-0.3, -0.25) is 0 Å². The zero-order chi connectivity index (χ0) is 13.4. The van der Waals surface area contributed by atoms with Gasteiger partial charge in [0, 0.05) is 11.9 Å². The number of aryl methyl sites for hydroxylation is 2. The van der Waals surface area contributed by atoms with Crippen molar-refractivity contribution in [3.05, 3.63) is 64.5 Å². The predicted molar refractivity (Wildman–Crippen MR) is 80.1 cm³/mol. The third-order valence-electron chi connectivity index (χ3n) is 3.23. The van der Waals surface area contributed by atoms with Crippen molar-refractivity contribution in [1.29, 1.82) is 0 Å². The summed E-state index contributed by atoms with van der Waals surface area (Å²) in [5.74, 6) is 0.919. The van der Waals surface area contributed by atoms with Gasteiger partial charge in [-0.1, -0.05) is 29.8 Å². The summed E-state index contributed by atoms with van der Waals surface area (Å²) >= 11 is 6.36. The van der Waals surface area contributed by atoms with Crippen LogP contribution in [0.1, 0.15) is 16.8 Å². The van der Waals surface area contributed by atoms with E-state index < -0.39 is 0 Å². The van der Waals surface area contributed by atoms with Gasteiger partial charge in [-0.05, 0) is 49.6 Å². The van der Waals surface area contributed by atoms with Crippen molar-refractivity contribution in [1.82, 2.24) is 4.98 Å². The van der Waals surface area contributed by atoms with E-state index in [9.17, 15) is 0 Å². The van der Waals surface area contributed by atoms with E-state index in [1.54, 1.807) is 0 Å². The number of para-hydroxylation sites is 1. The Bertz CT molecular complexity index is 642. The minimum absolute atomic E-state index is 0.766. The Kier molecular flexibility index (Phi) is 3.03. The Hall–Kier alpha value is -1.80. The number of hydrogen-bond donors (Lipinski definition) is 0. The predicted octanol–water partition coefficient (Wildman–Crippen LogP) is 4.56. The van der Waals surface area contributed by atoms with Crippen LogP contribution in [-0.2, 0) is 6.42 Å². The monoisotopic (exact) mass is 270 g/mol. The first kappa shape index (κ1) is 12.2. The second-order valence-corrected chi connectivity index (χ2v) is 5.26. The molecule has 2 heterocycles. The van der Waals surface area contributed by atoms with Gasteiger partial charge in [0.2, 0.25) is 0 Å². The van der Waals surface area contributed by atoms with Crippen molar-refractivity contribution in [2.75, 3.05) is 4.90 Å². The van der Waals surface area contributed by atoms with Gasteiger partial charge in [0.1, 0.15) is 5.82 Å². The number of anilines is 2. The molecule has 0 spiro atoms. The second kappa shape index (κ2) is 4.71. The highest BCUT2D eigenvalue weighted by atomic mass is 35.5. The van der Waals surface area contributed by atoms with Gasteiger partial charge in [0.05, 0.1) is 10.7 Å². The first-order chi connectivity index (χ1) is 9.15. The Morgan fingerprint density at radius 2 is 2.05 bits per heavy atom. The van der Waals surface area contributed by atoms with Crippen LogP contribution in [-0.4, -0.2) is 4.98 Å². The summed E-state index contributed by atoms with van der Waals surface area (Å²) in [5, 5.41) is 0.766. The largest absolute Gasteiger partial charge is 0.300 e. The summed E-state index contributed by atoms with van der Waals surface area (Å²) in [6.45, 7) is 4.09. The van der Waals surface area contributed by atoms with Gasteiger partial charge in [-0.15, -0.1) is 0 Å². The zero-order valence-corrected chi connectivity index (χ0v) is 11.8. The molecule has 19 heavy (non-hydrogen) atoms. The Morgan fingerprint density at radius 1 is 1.21 bits per heavy atom. The van der Waals surface area contributed by atoms with Crippen LogP contribution in [0, 0.1) is 13.8 Å². The summed E-state index contributed by atoms with van der Waals surface area (Å²) in [4.78, 5) is 6.68. The van der Waals surface area contributed by atoms with Crippen LogP contribution < -0.4 is 4.90 Å². The third kappa shape index (κ3) is 2.24. The van der Waals surface area contributed by atoms with E-state index >= 15 is 0 Å². The number of pyridine rings is 1. The molecular formula is C16H15ClN2. The van der Waals surface area contributed by atoms with Gasteiger partial charge in [0.15, 0.2) is 0 Å². The molecule has 0 aliphatic carbocycles. The number of aromatic nitrogens is 1. The van der Waals surface area contributed by atoms with Gasteiger partial charge in [-0.25, -0.2) is 4.98 Å². The molecule has 0 atom stereocenters. The number of nitrogens with zero attached hydrogens (tertiary/aromatic N) is 2. The quantitative estimate of drug-likeness (QED) is 0.755. The lowest BCUT2D eigenvalue weighted by atomic mass is 10.1. The van der Waals surface area contributed by atoms with Crippen LogP contribution >= 0.6 is 11.6 Å². The van der Waals surface area contributed by atoms with Crippen LogP contribution in [0.5, 0.6) is 0 Å². The fourth-order valence-corrected chi connectivity index (χ4v) is 2.77. The molecule has 2 aromatic rings. The van der Waals surface area contributed by atoms with E-state index in [4.69, 9.17) is 11.6 Å². The molecule has 0 bridgehead atoms. The number of benzene rings is 1. The van der Waals surface area contributed by atoms with Crippen molar-refractivity contribution in [2.24, 2.45) is 0 Å². The molecule has 0 amide bonds. The van der Waals surface area contributed by atoms with E-state index in [0.717, 1.165) is 28.6 Å². The molecule has 0 fully saturated rings. The summed E-state index contributed by atoms with van der Waals surface area (Å²) in [6.07, 6.45) is 5.10. The van der Waals surface area contributed by atoms with E-state index in [0.29, 0.717) is 0 Å². The van der Waals surface area contributed by atoms with Crippen LogP contribution in [0.2, 0.25) is 5.02 Å². The van der Waals surface area contributed by atoms with Crippen molar-refractivity contribution in [3.8, 4) is 0 Å². The molecule has 3 heteroatoms. The minimum atomic E-state index is 0.766. The zero-order valence-electron chi connectivity index (χ0n) is 11.0. The van der Waals surface area contributed by atoms with Crippen molar-refractivity contribution < 1.29 is 0 Å². The average Bonchev–Trinajstić information content (AvgIpc) is 2.37. The first-order valence-electron chi connectivity index (χ1n) is 6.34. The maximum atomic E-state index is 6.36. The lowest BCUT2D eigenvalue weighted by Gasteiger charge is -2.27. The number of fused-ring (bicyclic) bond motifs is 1. The van der Waals surface area contributed by atoms with Gasteiger partial charge in [0.25, 0.3) is 0 Å². The van der Waals surface area contributed by atoms with Crippen LogP contribution in [0.15, 0.2) is 42.6 Å². The van der Waals surface area contributed by atoms with Crippen LogP contribution in [0.3, 0.4) is 0 Å². The summed E-state index contributed by atoms with van der Waals surface area (Å²) < 4.78 is 0. The molecule has 96 valence electrons. The maximum absolute atomic E-state index is 6.36. The number of rotatable bonds is 1.